The number of nitrogens with zero attached hydrogens (tertiary/aromatic N) is 3. The molecule has 2 aliphatic heterocycles. The Balaban J connectivity index is 1.59. The molecular weight excluding hydrogens is 426 g/mol. The molecule has 2 aromatic carbocycles. The fourth-order valence-corrected chi connectivity index (χ4v) is 4.85. The Bertz CT molecular complexity index is 1080. The van der Waals surface area contributed by atoms with Gasteiger partial charge in [0.2, 0.25) is 0 Å². The van der Waals surface area contributed by atoms with Gasteiger partial charge in [0.15, 0.2) is 0 Å². The van der Waals surface area contributed by atoms with Crippen LogP contribution in [-0.2, 0) is 6.18 Å². The summed E-state index contributed by atoms with van der Waals surface area (Å²) >= 11 is 0. The number of halogens is 4. The molecule has 0 radical (unpaired) electrons. The van der Waals surface area contributed by atoms with Crippen LogP contribution in [0.3, 0.4) is 0 Å². The van der Waals surface area contributed by atoms with Crippen molar-refractivity contribution in [2.75, 3.05) is 37.7 Å². The Hall–Kier alpha value is -3.12. The summed E-state index contributed by atoms with van der Waals surface area (Å²) in [6, 6.07) is 10.8. The summed E-state index contributed by atoms with van der Waals surface area (Å²) < 4.78 is 54.3. The number of piperidine rings is 1. The van der Waals surface area contributed by atoms with Crippen molar-refractivity contribution in [2.24, 2.45) is 11.3 Å². The van der Waals surface area contributed by atoms with E-state index in [0.29, 0.717) is 25.2 Å². The molecule has 2 aromatic rings. The van der Waals surface area contributed by atoms with Gasteiger partial charge in [0.25, 0.3) is 5.91 Å². The highest BCUT2D eigenvalue weighted by Gasteiger charge is 2.51. The lowest BCUT2D eigenvalue weighted by Gasteiger charge is -2.44. The number of likely N-dealkylation sites (tertiary alicyclic amines) is 1. The normalized spacial score (nSPS) is 23.1. The van der Waals surface area contributed by atoms with Gasteiger partial charge in [0, 0.05) is 37.3 Å². The van der Waals surface area contributed by atoms with Crippen molar-refractivity contribution in [1.29, 1.82) is 5.26 Å². The van der Waals surface area contributed by atoms with Crippen LogP contribution in [0.5, 0.6) is 0 Å². The van der Waals surface area contributed by atoms with Crippen LogP contribution in [0.1, 0.15) is 27.9 Å². The maximum absolute atomic E-state index is 14.1. The smallest absolute Gasteiger partial charge is 0.396 e. The van der Waals surface area contributed by atoms with E-state index in [1.165, 1.54) is 29.2 Å². The van der Waals surface area contributed by atoms with Crippen molar-refractivity contribution in [3.05, 3.63) is 65.0 Å². The highest BCUT2D eigenvalue weighted by molar-refractivity contribution is 5.94. The number of rotatable bonds is 3. The lowest BCUT2D eigenvalue weighted by Crippen LogP contribution is -2.51. The number of alkyl halides is 3. The van der Waals surface area contributed by atoms with E-state index in [1.54, 1.807) is 17.0 Å². The van der Waals surface area contributed by atoms with Crippen molar-refractivity contribution >= 4 is 11.6 Å². The first-order valence-electron chi connectivity index (χ1n) is 10.2. The molecule has 2 atom stereocenters. The second kappa shape index (κ2) is 8.10. The molecule has 5 nitrogen and oxygen atoms in total. The summed E-state index contributed by atoms with van der Waals surface area (Å²) in [4.78, 5) is 16.1. The van der Waals surface area contributed by atoms with E-state index < -0.39 is 34.4 Å². The van der Waals surface area contributed by atoms with Gasteiger partial charge in [-0.3, -0.25) is 4.79 Å². The highest BCUT2D eigenvalue weighted by atomic mass is 19.4. The molecule has 0 aliphatic carbocycles. The van der Waals surface area contributed by atoms with Gasteiger partial charge in [-0.25, -0.2) is 4.39 Å². The number of hydrogen-bond acceptors (Lipinski definition) is 4. The first-order chi connectivity index (χ1) is 15.2. The molecule has 168 valence electrons. The SMILES string of the molecule is N#Cc1ccc(N2CC[C@@H]3CN(C(=O)c4ccccc4F)C[C@]3(CO)C2)cc1C(F)(F)F. The lowest BCUT2D eigenvalue weighted by molar-refractivity contribution is -0.137. The van der Waals surface area contributed by atoms with Crippen molar-refractivity contribution in [3.63, 3.8) is 0 Å². The van der Waals surface area contributed by atoms with Gasteiger partial charge in [0.05, 0.1) is 29.4 Å². The van der Waals surface area contributed by atoms with E-state index in [-0.39, 0.29) is 31.2 Å². The van der Waals surface area contributed by atoms with E-state index in [2.05, 4.69) is 0 Å². The minimum absolute atomic E-state index is 0.0435. The van der Waals surface area contributed by atoms with Gasteiger partial charge in [-0.2, -0.15) is 18.4 Å². The summed E-state index contributed by atoms with van der Waals surface area (Å²) in [7, 11) is 0. The van der Waals surface area contributed by atoms with E-state index in [0.717, 1.165) is 12.1 Å². The summed E-state index contributed by atoms with van der Waals surface area (Å²) in [5, 5.41) is 19.3. The van der Waals surface area contributed by atoms with Crippen LogP contribution in [0.2, 0.25) is 0 Å². The molecule has 9 heteroatoms. The molecule has 0 saturated carbocycles. The van der Waals surface area contributed by atoms with Crippen molar-refractivity contribution < 1.29 is 27.5 Å². The average Bonchev–Trinajstić information content (AvgIpc) is 3.17. The Morgan fingerprint density at radius 2 is 1.97 bits per heavy atom. The fraction of sp³-hybridized carbons (Fsp3) is 0.391. The molecule has 32 heavy (non-hydrogen) atoms. The van der Waals surface area contributed by atoms with Gasteiger partial charge in [-0.1, -0.05) is 12.1 Å². The van der Waals surface area contributed by atoms with Crippen LogP contribution in [0, 0.1) is 28.5 Å². The second-order valence-electron chi connectivity index (χ2n) is 8.43. The molecule has 2 aliphatic rings. The van der Waals surface area contributed by atoms with Crippen LogP contribution in [-0.4, -0.2) is 48.7 Å². The Morgan fingerprint density at radius 3 is 2.62 bits per heavy atom. The number of amides is 1. The molecule has 1 amide bonds. The predicted molar refractivity (Wildman–Crippen MR) is 108 cm³/mol. The van der Waals surface area contributed by atoms with Gasteiger partial charge in [-0.15, -0.1) is 0 Å². The number of nitriles is 1. The number of anilines is 1. The maximum atomic E-state index is 14.1. The van der Waals surface area contributed by atoms with Crippen molar-refractivity contribution in [2.45, 2.75) is 12.6 Å². The van der Waals surface area contributed by atoms with Crippen molar-refractivity contribution in [3.8, 4) is 6.07 Å². The van der Waals surface area contributed by atoms with Crippen LogP contribution in [0.25, 0.3) is 0 Å². The fourth-order valence-electron chi connectivity index (χ4n) is 4.85. The number of aliphatic hydroxyl groups excluding tert-OH is 1. The van der Waals surface area contributed by atoms with Gasteiger partial charge >= 0.3 is 6.18 Å². The number of carbonyl (C=O) groups excluding carboxylic acids is 1. The third-order valence-electron chi connectivity index (χ3n) is 6.57. The standard InChI is InChI=1S/C23H21F4N3O2/c24-20-4-2-1-3-18(20)21(32)30-11-16-7-8-29(12-22(16,13-30)14-31)17-6-5-15(10-28)19(9-17)23(25,26)27/h1-6,9,16,31H,7-8,11-14H2/t16-,22+/m1/s1. The summed E-state index contributed by atoms with van der Waals surface area (Å²) in [5.41, 5.74) is -1.92. The second-order valence-corrected chi connectivity index (χ2v) is 8.43. The Morgan fingerprint density at radius 1 is 1.22 bits per heavy atom. The number of fused-ring (bicyclic) bond motifs is 1. The maximum Gasteiger partial charge on any atom is 0.417 e. The van der Waals surface area contributed by atoms with Gasteiger partial charge in [-0.05, 0) is 42.7 Å². The summed E-state index contributed by atoms with van der Waals surface area (Å²) in [6.45, 7) is 0.969. The molecule has 4 rings (SSSR count). The number of benzene rings is 2. The molecule has 0 aromatic heterocycles. The van der Waals surface area contributed by atoms with Crippen LogP contribution in [0.4, 0.5) is 23.2 Å². The summed E-state index contributed by atoms with van der Waals surface area (Å²) in [5.74, 6) is -1.14. The topological polar surface area (TPSA) is 67.6 Å². The third-order valence-corrected chi connectivity index (χ3v) is 6.57. The van der Waals surface area contributed by atoms with E-state index >= 15 is 0 Å². The first kappa shape index (κ1) is 22.1. The third kappa shape index (κ3) is 3.79. The van der Waals surface area contributed by atoms with Gasteiger partial charge < -0.3 is 14.9 Å². The molecule has 0 spiro atoms. The van der Waals surface area contributed by atoms with E-state index in [4.69, 9.17) is 5.26 Å². The van der Waals surface area contributed by atoms with Crippen LogP contribution in [0.15, 0.2) is 42.5 Å². The molecular formula is C23H21F4N3O2. The molecule has 2 heterocycles. The largest absolute Gasteiger partial charge is 0.417 e. The van der Waals surface area contributed by atoms with E-state index in [9.17, 15) is 27.5 Å². The first-order valence-corrected chi connectivity index (χ1v) is 10.2. The summed E-state index contributed by atoms with van der Waals surface area (Å²) in [6.07, 6.45) is -4.10. The van der Waals surface area contributed by atoms with Crippen LogP contribution >= 0.6 is 0 Å². The van der Waals surface area contributed by atoms with Gasteiger partial charge in [0.1, 0.15) is 5.82 Å². The molecule has 0 unspecified atom stereocenters. The number of carbonyl (C=O) groups is 1. The lowest BCUT2D eigenvalue weighted by atomic mass is 9.74. The highest BCUT2D eigenvalue weighted by Crippen LogP contribution is 2.44. The predicted octanol–water partition coefficient (Wildman–Crippen LogP) is 3.68. The zero-order valence-corrected chi connectivity index (χ0v) is 17.1. The minimum Gasteiger partial charge on any atom is -0.396 e. The Kier molecular flexibility index (Phi) is 5.59. The zero-order valence-electron chi connectivity index (χ0n) is 17.1. The molecule has 2 fully saturated rings. The Labute approximate surface area is 182 Å². The van der Waals surface area contributed by atoms with Crippen molar-refractivity contribution in [1.82, 2.24) is 4.90 Å². The van der Waals surface area contributed by atoms with Crippen LogP contribution < -0.4 is 4.90 Å². The van der Waals surface area contributed by atoms with E-state index in [1.807, 2.05) is 0 Å². The quantitative estimate of drug-likeness (QED) is 0.729. The minimum atomic E-state index is -4.66. The monoisotopic (exact) mass is 447 g/mol. The zero-order chi connectivity index (χ0) is 23.1. The number of hydrogen-bond donors (Lipinski definition) is 1. The molecule has 2 saturated heterocycles. The molecule has 1 N–H and O–H groups in total. The average molecular weight is 447 g/mol. The molecule has 0 bridgehead atoms. The number of aliphatic hydroxyl groups is 1.